The number of benzene rings is 1. The summed E-state index contributed by atoms with van der Waals surface area (Å²) in [5, 5.41) is 5.58. The van der Waals surface area contributed by atoms with E-state index in [-0.39, 0.29) is 0 Å². The van der Waals surface area contributed by atoms with Crippen LogP contribution in [0.1, 0.15) is 36.0 Å². The molecule has 4 rings (SSSR count). The maximum absolute atomic E-state index is 4.65. The minimum atomic E-state index is 0.518. The molecule has 0 radical (unpaired) electrons. The first kappa shape index (κ1) is 17.9. The number of rotatable bonds is 4. The number of nitrogens with zero attached hydrogens (tertiary/aromatic N) is 5. The number of fused-ring (bicyclic) bond motifs is 1. The third-order valence-corrected chi connectivity index (χ3v) is 5.44. The van der Waals surface area contributed by atoms with Crippen molar-refractivity contribution < 1.29 is 0 Å². The Morgan fingerprint density at radius 3 is 2.93 bits per heavy atom. The Balaban J connectivity index is 1.65. The Hall–Kier alpha value is -2.53. The molecule has 0 unspecified atom stereocenters. The van der Waals surface area contributed by atoms with Gasteiger partial charge in [0.1, 0.15) is 0 Å². The molecule has 1 fully saturated rings. The lowest BCUT2D eigenvalue weighted by Gasteiger charge is -2.37. The number of aliphatic imine (C=N–C) groups is 1. The summed E-state index contributed by atoms with van der Waals surface area (Å²) < 4.78 is 1.88. The highest BCUT2D eigenvalue weighted by molar-refractivity contribution is 5.98. The summed E-state index contributed by atoms with van der Waals surface area (Å²) in [5.74, 6) is 1.19. The van der Waals surface area contributed by atoms with Gasteiger partial charge >= 0.3 is 0 Å². The lowest BCUT2D eigenvalue weighted by atomic mass is 9.83. The normalized spacial score (nSPS) is 21.3. The van der Waals surface area contributed by atoms with E-state index in [9.17, 15) is 0 Å². The molecule has 1 aromatic carbocycles. The lowest BCUT2D eigenvalue weighted by molar-refractivity contribution is 0.157. The van der Waals surface area contributed by atoms with Gasteiger partial charge in [-0.25, -0.2) is 0 Å². The fraction of sp³-hybridized carbons (Fsp3) is 0.409. The summed E-state index contributed by atoms with van der Waals surface area (Å²) in [6, 6.07) is 8.70. The van der Waals surface area contributed by atoms with Gasteiger partial charge in [0, 0.05) is 68.9 Å². The van der Waals surface area contributed by atoms with Crippen LogP contribution in [0.3, 0.4) is 0 Å². The highest BCUT2D eigenvalue weighted by Crippen LogP contribution is 2.35. The van der Waals surface area contributed by atoms with Crippen LogP contribution in [0.4, 0.5) is 0 Å². The first-order valence-corrected chi connectivity index (χ1v) is 9.63. The second-order valence-corrected chi connectivity index (χ2v) is 7.79. The van der Waals surface area contributed by atoms with E-state index in [2.05, 4.69) is 51.3 Å². The first-order valence-electron chi connectivity index (χ1n) is 9.63. The summed E-state index contributed by atoms with van der Waals surface area (Å²) >= 11 is 0. The van der Waals surface area contributed by atoms with Gasteiger partial charge in [0.05, 0.1) is 11.7 Å². The maximum Gasteiger partial charge on any atom is 0.0792 e. The zero-order valence-corrected chi connectivity index (χ0v) is 16.3. The molecule has 0 N–H and O–H groups in total. The molecular formula is C22H27N5. The van der Waals surface area contributed by atoms with Crippen molar-refractivity contribution in [2.75, 3.05) is 20.1 Å². The highest BCUT2D eigenvalue weighted by Gasteiger charge is 2.27. The molecule has 27 heavy (non-hydrogen) atoms. The quantitative estimate of drug-likeness (QED) is 0.667. The molecule has 0 amide bonds. The number of likely N-dealkylation sites (tertiary alicyclic amines) is 1. The summed E-state index contributed by atoms with van der Waals surface area (Å²) in [7, 11) is 3.78. The van der Waals surface area contributed by atoms with E-state index >= 15 is 0 Å². The SMILES string of the molecule is CN=Cc1ccc([C@H]2C[C@@H](C)CN(Cc3cnn(C)c3)C2)c2cccnc12. The summed E-state index contributed by atoms with van der Waals surface area (Å²) in [5.41, 5.74) is 4.84. The molecule has 1 aliphatic rings. The Morgan fingerprint density at radius 1 is 1.26 bits per heavy atom. The largest absolute Gasteiger partial charge is 0.298 e. The number of piperidine rings is 1. The van der Waals surface area contributed by atoms with Crippen LogP contribution in [0, 0.1) is 5.92 Å². The Kier molecular flexibility index (Phi) is 5.03. The van der Waals surface area contributed by atoms with Crippen LogP contribution in [-0.4, -0.2) is 46.0 Å². The van der Waals surface area contributed by atoms with Gasteiger partial charge in [0.2, 0.25) is 0 Å². The standard InChI is InChI=1S/C22H27N5/c1-16-9-19(15-27(12-16)14-17-10-25-26(3)13-17)20-7-6-18(11-23-2)22-21(20)5-4-8-24-22/h4-8,10-11,13,16,19H,9,12,14-15H2,1-3H3/t16-,19+/m1/s1. The minimum Gasteiger partial charge on any atom is -0.298 e. The average Bonchev–Trinajstić information content (AvgIpc) is 3.06. The number of hydrogen-bond acceptors (Lipinski definition) is 4. The van der Waals surface area contributed by atoms with Gasteiger partial charge in [-0.15, -0.1) is 0 Å². The van der Waals surface area contributed by atoms with Crippen molar-refractivity contribution in [2.45, 2.75) is 25.8 Å². The zero-order valence-electron chi connectivity index (χ0n) is 16.3. The molecule has 140 valence electrons. The van der Waals surface area contributed by atoms with E-state index in [1.54, 1.807) is 0 Å². The van der Waals surface area contributed by atoms with Crippen molar-refractivity contribution in [1.29, 1.82) is 0 Å². The molecule has 3 heterocycles. The number of aryl methyl sites for hydroxylation is 1. The molecule has 2 aromatic heterocycles. The predicted molar refractivity (Wildman–Crippen MR) is 110 cm³/mol. The molecule has 0 saturated carbocycles. The van der Waals surface area contributed by atoms with E-state index in [1.165, 1.54) is 22.9 Å². The molecule has 0 aliphatic carbocycles. The van der Waals surface area contributed by atoms with Crippen molar-refractivity contribution in [3.8, 4) is 0 Å². The Morgan fingerprint density at radius 2 is 2.15 bits per heavy atom. The molecule has 0 spiro atoms. The van der Waals surface area contributed by atoms with Crippen molar-refractivity contribution in [2.24, 2.45) is 18.0 Å². The first-order chi connectivity index (χ1) is 13.1. The molecule has 3 aromatic rings. The fourth-order valence-electron chi connectivity index (χ4n) is 4.44. The van der Waals surface area contributed by atoms with Crippen LogP contribution in [0.25, 0.3) is 10.9 Å². The van der Waals surface area contributed by atoms with Crippen molar-refractivity contribution in [3.05, 3.63) is 59.5 Å². The van der Waals surface area contributed by atoms with Gasteiger partial charge in [-0.1, -0.05) is 25.1 Å². The topological polar surface area (TPSA) is 46.3 Å². The molecule has 1 aliphatic heterocycles. The average molecular weight is 361 g/mol. The van der Waals surface area contributed by atoms with E-state index < -0.39 is 0 Å². The smallest absolute Gasteiger partial charge is 0.0792 e. The maximum atomic E-state index is 4.65. The van der Waals surface area contributed by atoms with Gasteiger partial charge < -0.3 is 0 Å². The predicted octanol–water partition coefficient (Wildman–Crippen LogP) is 3.64. The van der Waals surface area contributed by atoms with E-state index in [4.69, 9.17) is 0 Å². The van der Waals surface area contributed by atoms with Crippen LogP contribution in [-0.2, 0) is 13.6 Å². The molecule has 2 atom stereocenters. The summed E-state index contributed by atoms with van der Waals surface area (Å²) in [4.78, 5) is 11.4. The molecular weight excluding hydrogens is 334 g/mol. The number of aromatic nitrogens is 3. The molecule has 0 bridgehead atoms. The second kappa shape index (κ2) is 7.61. The third kappa shape index (κ3) is 3.78. The van der Waals surface area contributed by atoms with Gasteiger partial charge in [-0.05, 0) is 29.9 Å². The van der Waals surface area contributed by atoms with Crippen LogP contribution < -0.4 is 0 Å². The number of pyridine rings is 1. The van der Waals surface area contributed by atoms with E-state index in [0.717, 1.165) is 30.7 Å². The second-order valence-electron chi connectivity index (χ2n) is 7.79. The summed E-state index contributed by atoms with van der Waals surface area (Å²) in [6.07, 6.45) is 9.09. The van der Waals surface area contributed by atoms with Gasteiger partial charge in [-0.3, -0.25) is 19.6 Å². The van der Waals surface area contributed by atoms with Crippen molar-refractivity contribution in [1.82, 2.24) is 19.7 Å². The van der Waals surface area contributed by atoms with Gasteiger partial charge in [0.25, 0.3) is 0 Å². The van der Waals surface area contributed by atoms with Gasteiger partial charge in [-0.2, -0.15) is 5.10 Å². The lowest BCUT2D eigenvalue weighted by Crippen LogP contribution is -2.38. The Labute approximate surface area is 160 Å². The zero-order chi connectivity index (χ0) is 18.8. The third-order valence-electron chi connectivity index (χ3n) is 5.44. The number of hydrogen-bond donors (Lipinski definition) is 0. The van der Waals surface area contributed by atoms with Crippen LogP contribution >= 0.6 is 0 Å². The molecule has 5 nitrogen and oxygen atoms in total. The van der Waals surface area contributed by atoms with Crippen molar-refractivity contribution >= 4 is 17.1 Å². The van der Waals surface area contributed by atoms with Gasteiger partial charge in [0.15, 0.2) is 0 Å². The van der Waals surface area contributed by atoms with E-state index in [0.29, 0.717) is 11.8 Å². The van der Waals surface area contributed by atoms with Crippen LogP contribution in [0.5, 0.6) is 0 Å². The fourth-order valence-corrected chi connectivity index (χ4v) is 4.44. The Bertz CT molecular complexity index is 958. The van der Waals surface area contributed by atoms with Crippen LogP contribution in [0.2, 0.25) is 0 Å². The minimum absolute atomic E-state index is 0.518. The molecule has 1 saturated heterocycles. The molecule has 5 heteroatoms. The highest BCUT2D eigenvalue weighted by atomic mass is 15.2. The van der Waals surface area contributed by atoms with Crippen molar-refractivity contribution in [3.63, 3.8) is 0 Å². The monoisotopic (exact) mass is 361 g/mol. The van der Waals surface area contributed by atoms with Crippen LogP contribution in [0.15, 0.2) is 47.8 Å². The van der Waals surface area contributed by atoms with E-state index in [1.807, 2.05) is 43.5 Å². The summed E-state index contributed by atoms with van der Waals surface area (Å²) in [6.45, 7) is 5.54.